The Morgan fingerprint density at radius 3 is 1.61 bits per heavy atom. The van der Waals surface area contributed by atoms with Crippen LogP contribution < -0.4 is 5.32 Å². The number of amidine groups is 2. The highest BCUT2D eigenvalue weighted by Gasteiger charge is 2.27. The predicted molar refractivity (Wildman–Crippen MR) is 312 cm³/mol. The monoisotopic (exact) mass is 957 g/mol. The van der Waals surface area contributed by atoms with Crippen LogP contribution in [0, 0.1) is 0 Å². The van der Waals surface area contributed by atoms with Crippen molar-refractivity contribution < 1.29 is 4.42 Å². The van der Waals surface area contributed by atoms with Gasteiger partial charge in [0.25, 0.3) is 0 Å². The number of aromatic nitrogens is 2. The van der Waals surface area contributed by atoms with Gasteiger partial charge in [0.15, 0.2) is 5.84 Å². The summed E-state index contributed by atoms with van der Waals surface area (Å²) in [5, 5.41) is 17.6. The number of hydrogen-bond donors (Lipinski definition) is 1. The molecule has 1 N–H and O–H groups in total. The minimum atomic E-state index is -0.511. The minimum absolute atomic E-state index is 0.511. The first kappa shape index (κ1) is 41.6. The molecule has 350 valence electrons. The van der Waals surface area contributed by atoms with E-state index in [2.05, 4.69) is 263 Å². The van der Waals surface area contributed by atoms with Crippen molar-refractivity contribution in [3.63, 3.8) is 0 Å². The zero-order chi connectivity index (χ0) is 49.1. The molecule has 15 aromatic rings. The summed E-state index contributed by atoms with van der Waals surface area (Å²) >= 11 is 0. The SMILES string of the molecule is c1ccc(-c2ccc(C3=NC(c4cc(-n5c6cc7ccccc7cc6c6cc7ccccc7cc65)cc5c4oc4c6ccccc6ccc54)=NC(c4ccc5c6ccccc6n(-c6ccccc6)c5c4)N3)cc2)cc1. The van der Waals surface area contributed by atoms with Gasteiger partial charge in [0, 0.05) is 54.6 Å². The van der Waals surface area contributed by atoms with E-state index in [0.29, 0.717) is 5.84 Å². The van der Waals surface area contributed by atoms with Crippen LogP contribution in [0.3, 0.4) is 0 Å². The number of rotatable bonds is 6. The molecule has 0 radical (unpaired) electrons. The van der Waals surface area contributed by atoms with E-state index in [4.69, 9.17) is 14.4 Å². The van der Waals surface area contributed by atoms with E-state index < -0.39 is 6.17 Å². The summed E-state index contributed by atoms with van der Waals surface area (Å²) in [6.45, 7) is 0. The zero-order valence-electron chi connectivity index (χ0n) is 40.4. The Kier molecular flexibility index (Phi) is 9.00. The van der Waals surface area contributed by atoms with Crippen molar-refractivity contribution >= 4 is 110 Å². The van der Waals surface area contributed by atoms with Crippen LogP contribution in [0.2, 0.25) is 0 Å². The predicted octanol–water partition coefficient (Wildman–Crippen LogP) is 17.4. The molecule has 12 aromatic carbocycles. The van der Waals surface area contributed by atoms with E-state index in [1.165, 1.54) is 43.1 Å². The first-order chi connectivity index (χ1) is 37.1. The van der Waals surface area contributed by atoms with Gasteiger partial charge in [0.05, 0.1) is 27.6 Å². The molecule has 0 amide bonds. The molecular formula is C69H43N5O. The largest absolute Gasteiger partial charge is 0.455 e. The van der Waals surface area contributed by atoms with Crippen LogP contribution in [0.5, 0.6) is 0 Å². The lowest BCUT2D eigenvalue weighted by Gasteiger charge is -2.24. The summed E-state index contributed by atoms with van der Waals surface area (Å²) in [6.07, 6.45) is -0.511. The van der Waals surface area contributed by atoms with Crippen molar-refractivity contribution in [2.45, 2.75) is 6.17 Å². The highest BCUT2D eigenvalue weighted by atomic mass is 16.3. The molecule has 6 heteroatoms. The highest BCUT2D eigenvalue weighted by molar-refractivity contribution is 6.23. The van der Waals surface area contributed by atoms with E-state index in [1.807, 2.05) is 0 Å². The van der Waals surface area contributed by atoms with Crippen molar-refractivity contribution in [1.29, 1.82) is 0 Å². The summed E-state index contributed by atoms with van der Waals surface area (Å²) in [5.74, 6) is 1.31. The molecule has 1 aliphatic rings. The van der Waals surface area contributed by atoms with Gasteiger partial charge in [-0.1, -0.05) is 182 Å². The number of fused-ring (bicyclic) bond motifs is 13. The average Bonchev–Trinajstić information content (AvgIpc) is 4.14. The van der Waals surface area contributed by atoms with Gasteiger partial charge in [-0.15, -0.1) is 0 Å². The Balaban J connectivity index is 0.976. The maximum absolute atomic E-state index is 7.23. The van der Waals surface area contributed by atoms with E-state index in [9.17, 15) is 0 Å². The van der Waals surface area contributed by atoms with Crippen LogP contribution >= 0.6 is 0 Å². The maximum atomic E-state index is 7.23. The Labute approximate surface area is 430 Å². The van der Waals surface area contributed by atoms with Crippen LogP contribution in [0.1, 0.15) is 22.9 Å². The van der Waals surface area contributed by atoms with Crippen molar-refractivity contribution in [3.8, 4) is 22.5 Å². The summed E-state index contributed by atoms with van der Waals surface area (Å²) in [5.41, 5.74) is 13.2. The Morgan fingerprint density at radius 2 is 0.893 bits per heavy atom. The van der Waals surface area contributed by atoms with Crippen molar-refractivity contribution in [1.82, 2.24) is 14.5 Å². The summed E-state index contributed by atoms with van der Waals surface area (Å²) in [7, 11) is 0. The standard InChI is InChI=1S/C69H43N5O/c1-3-15-42(16-4-1)43-27-29-45(30-28-43)67-70-68(50-32-33-55-54-25-13-14-26-61(54)73(62(55)39-50)51-22-5-2-6-23-51)72-69(71-67)60-41-52(40-59-56-34-31-44-17-11-12-24-53(44)65(56)75-66(59)60)74-63-37-48-20-9-7-18-46(48)35-57(63)58-36-47-19-8-10-21-49(47)38-64(58)74/h1-41,68H,(H,70,71,72). The fraction of sp³-hybridized carbons (Fsp3) is 0.0145. The molecule has 1 atom stereocenters. The van der Waals surface area contributed by atoms with Gasteiger partial charge in [-0.2, -0.15) is 0 Å². The Hall–Kier alpha value is -10.0. The van der Waals surface area contributed by atoms with Gasteiger partial charge < -0.3 is 18.9 Å². The van der Waals surface area contributed by atoms with Gasteiger partial charge in [-0.05, 0) is 110 Å². The Morgan fingerprint density at radius 1 is 0.347 bits per heavy atom. The third kappa shape index (κ3) is 6.53. The molecule has 0 saturated heterocycles. The minimum Gasteiger partial charge on any atom is -0.455 e. The van der Waals surface area contributed by atoms with E-state index in [1.54, 1.807) is 0 Å². The zero-order valence-corrected chi connectivity index (χ0v) is 40.4. The molecule has 75 heavy (non-hydrogen) atoms. The molecule has 0 aliphatic carbocycles. The fourth-order valence-corrected chi connectivity index (χ4v) is 11.9. The molecule has 1 aliphatic heterocycles. The highest BCUT2D eigenvalue weighted by Crippen LogP contribution is 2.43. The topological polar surface area (TPSA) is 59.8 Å². The lowest BCUT2D eigenvalue weighted by atomic mass is 10.0. The average molecular weight is 958 g/mol. The molecule has 0 fully saturated rings. The Bertz CT molecular complexity index is 4810. The van der Waals surface area contributed by atoms with Gasteiger partial charge in [-0.3, -0.25) is 0 Å². The molecule has 4 heterocycles. The van der Waals surface area contributed by atoms with Gasteiger partial charge >= 0.3 is 0 Å². The molecular weight excluding hydrogens is 915 g/mol. The van der Waals surface area contributed by atoms with Crippen LogP contribution in [0.15, 0.2) is 263 Å². The van der Waals surface area contributed by atoms with Crippen LogP contribution in [-0.2, 0) is 0 Å². The van der Waals surface area contributed by atoms with Crippen LogP contribution in [0.25, 0.3) is 120 Å². The van der Waals surface area contributed by atoms with E-state index in [0.717, 1.165) is 99.8 Å². The summed E-state index contributed by atoms with van der Waals surface area (Å²) < 4.78 is 12.0. The lowest BCUT2D eigenvalue weighted by molar-refractivity contribution is 0.665. The number of hydrogen-bond acceptors (Lipinski definition) is 4. The summed E-state index contributed by atoms with van der Waals surface area (Å²) in [4.78, 5) is 11.2. The molecule has 3 aromatic heterocycles. The van der Waals surface area contributed by atoms with Crippen LogP contribution in [0.4, 0.5) is 0 Å². The fourth-order valence-electron chi connectivity index (χ4n) is 11.9. The second kappa shape index (κ2) is 16.2. The van der Waals surface area contributed by atoms with Crippen LogP contribution in [-0.4, -0.2) is 20.8 Å². The number of furan rings is 1. The normalized spacial score (nSPS) is 14.0. The van der Waals surface area contributed by atoms with Crippen molar-refractivity contribution in [2.75, 3.05) is 0 Å². The van der Waals surface area contributed by atoms with Gasteiger partial charge in [-0.25, -0.2) is 9.98 Å². The number of benzene rings is 12. The second-order valence-electron chi connectivity index (χ2n) is 19.8. The number of nitrogens with one attached hydrogen (secondary N) is 1. The van der Waals surface area contributed by atoms with Crippen molar-refractivity contribution in [2.24, 2.45) is 9.98 Å². The number of para-hydroxylation sites is 2. The van der Waals surface area contributed by atoms with E-state index in [-0.39, 0.29) is 0 Å². The van der Waals surface area contributed by atoms with Gasteiger partial charge in [0.1, 0.15) is 23.2 Å². The van der Waals surface area contributed by atoms with Crippen molar-refractivity contribution in [3.05, 3.63) is 265 Å². The third-order valence-corrected chi connectivity index (χ3v) is 15.5. The summed E-state index contributed by atoms with van der Waals surface area (Å²) in [6, 6.07) is 89.4. The molecule has 0 bridgehead atoms. The second-order valence-corrected chi connectivity index (χ2v) is 19.8. The number of aliphatic imine (C=N–C) groups is 2. The third-order valence-electron chi connectivity index (χ3n) is 15.5. The molecule has 16 rings (SSSR count). The van der Waals surface area contributed by atoms with Gasteiger partial charge in [0.2, 0.25) is 0 Å². The molecule has 6 nitrogen and oxygen atoms in total. The maximum Gasteiger partial charge on any atom is 0.163 e. The molecule has 0 saturated carbocycles. The number of nitrogens with zero attached hydrogens (tertiary/aromatic N) is 4. The quantitative estimate of drug-likeness (QED) is 0.180. The molecule has 1 unspecified atom stereocenters. The van der Waals surface area contributed by atoms with E-state index >= 15 is 0 Å². The first-order valence-electron chi connectivity index (χ1n) is 25.6. The molecule has 0 spiro atoms. The smallest absolute Gasteiger partial charge is 0.163 e. The first-order valence-corrected chi connectivity index (χ1v) is 25.6. The lowest BCUT2D eigenvalue weighted by Crippen LogP contribution is -2.33.